The molecule has 1 aromatic carbocycles. The quantitative estimate of drug-likeness (QED) is 0.860. The monoisotopic (exact) mass is 281 g/mol. The SMILES string of the molecule is CCCNC(Cc1ccc(F)cc1F)C1=COCCC1. The molecule has 2 rings (SSSR count). The fourth-order valence-electron chi connectivity index (χ4n) is 2.40. The summed E-state index contributed by atoms with van der Waals surface area (Å²) < 4.78 is 32.1. The van der Waals surface area contributed by atoms with Crippen LogP contribution in [0, 0.1) is 11.6 Å². The number of rotatable bonds is 6. The third-order valence-electron chi connectivity index (χ3n) is 3.49. The Morgan fingerprint density at radius 2 is 2.20 bits per heavy atom. The van der Waals surface area contributed by atoms with Gasteiger partial charge in [0.2, 0.25) is 0 Å². The maximum absolute atomic E-state index is 13.8. The second-order valence-corrected chi connectivity index (χ2v) is 5.11. The van der Waals surface area contributed by atoms with Gasteiger partial charge in [-0.05, 0) is 49.4 Å². The predicted molar refractivity (Wildman–Crippen MR) is 75.4 cm³/mol. The molecule has 0 aliphatic carbocycles. The van der Waals surface area contributed by atoms with Crippen LogP contribution in [0.3, 0.4) is 0 Å². The van der Waals surface area contributed by atoms with Crippen LogP contribution in [0.4, 0.5) is 8.78 Å². The number of hydrogen-bond acceptors (Lipinski definition) is 2. The molecule has 0 bridgehead atoms. The first-order valence-electron chi connectivity index (χ1n) is 7.18. The van der Waals surface area contributed by atoms with Crippen molar-refractivity contribution in [3.05, 3.63) is 47.2 Å². The molecule has 1 unspecified atom stereocenters. The molecule has 1 aliphatic heterocycles. The highest BCUT2D eigenvalue weighted by Crippen LogP contribution is 2.20. The highest BCUT2D eigenvalue weighted by atomic mass is 19.1. The zero-order valence-electron chi connectivity index (χ0n) is 11.8. The Morgan fingerprint density at radius 1 is 1.35 bits per heavy atom. The number of ether oxygens (including phenoxy) is 1. The molecule has 2 nitrogen and oxygen atoms in total. The molecule has 0 fully saturated rings. The zero-order chi connectivity index (χ0) is 14.4. The lowest BCUT2D eigenvalue weighted by Crippen LogP contribution is -2.35. The van der Waals surface area contributed by atoms with E-state index in [1.165, 1.54) is 12.1 Å². The molecule has 1 N–H and O–H groups in total. The van der Waals surface area contributed by atoms with E-state index in [9.17, 15) is 8.78 Å². The molecule has 0 spiro atoms. The minimum absolute atomic E-state index is 0.0511. The average Bonchev–Trinajstić information content (AvgIpc) is 2.46. The summed E-state index contributed by atoms with van der Waals surface area (Å²) in [6, 6.07) is 3.82. The largest absolute Gasteiger partial charge is 0.501 e. The van der Waals surface area contributed by atoms with E-state index in [0.717, 1.165) is 44.1 Å². The van der Waals surface area contributed by atoms with Crippen molar-refractivity contribution < 1.29 is 13.5 Å². The van der Waals surface area contributed by atoms with Crippen LogP contribution < -0.4 is 5.32 Å². The van der Waals surface area contributed by atoms with Gasteiger partial charge in [0.1, 0.15) is 11.6 Å². The van der Waals surface area contributed by atoms with E-state index >= 15 is 0 Å². The Labute approximate surface area is 118 Å². The van der Waals surface area contributed by atoms with Gasteiger partial charge in [0.25, 0.3) is 0 Å². The standard InChI is InChI=1S/C16H21F2NO/c1-2-7-19-16(13-4-3-8-20-11-13)9-12-5-6-14(17)10-15(12)18/h5-6,10-11,16,19H,2-4,7-9H2,1H3. The van der Waals surface area contributed by atoms with Crippen LogP contribution in [0.1, 0.15) is 31.7 Å². The summed E-state index contributed by atoms with van der Waals surface area (Å²) in [6.07, 6.45) is 5.27. The van der Waals surface area contributed by atoms with Crippen molar-refractivity contribution in [2.75, 3.05) is 13.2 Å². The van der Waals surface area contributed by atoms with Crippen molar-refractivity contribution in [2.24, 2.45) is 0 Å². The van der Waals surface area contributed by atoms with Crippen LogP contribution in [0.15, 0.2) is 30.0 Å². The van der Waals surface area contributed by atoms with Crippen molar-refractivity contribution in [3.8, 4) is 0 Å². The van der Waals surface area contributed by atoms with Gasteiger partial charge in [-0.25, -0.2) is 8.78 Å². The Hall–Kier alpha value is -1.42. The van der Waals surface area contributed by atoms with Crippen molar-refractivity contribution in [1.29, 1.82) is 0 Å². The highest BCUT2D eigenvalue weighted by molar-refractivity contribution is 5.23. The molecule has 1 heterocycles. The first-order chi connectivity index (χ1) is 9.70. The normalized spacial score (nSPS) is 16.4. The van der Waals surface area contributed by atoms with Gasteiger partial charge >= 0.3 is 0 Å². The molecule has 1 aromatic rings. The van der Waals surface area contributed by atoms with Crippen LogP contribution in [-0.4, -0.2) is 19.2 Å². The maximum atomic E-state index is 13.8. The summed E-state index contributed by atoms with van der Waals surface area (Å²) in [4.78, 5) is 0. The van der Waals surface area contributed by atoms with E-state index in [1.54, 1.807) is 6.26 Å². The van der Waals surface area contributed by atoms with Crippen LogP contribution in [0.25, 0.3) is 0 Å². The van der Waals surface area contributed by atoms with Gasteiger partial charge in [0, 0.05) is 12.1 Å². The van der Waals surface area contributed by atoms with E-state index < -0.39 is 11.6 Å². The van der Waals surface area contributed by atoms with Gasteiger partial charge in [0.05, 0.1) is 12.9 Å². The second kappa shape index (κ2) is 7.39. The summed E-state index contributed by atoms with van der Waals surface area (Å²) in [5.74, 6) is -1.02. The fourth-order valence-corrected chi connectivity index (χ4v) is 2.40. The first kappa shape index (κ1) is 15.0. The third kappa shape index (κ3) is 4.04. The molecule has 4 heteroatoms. The third-order valence-corrected chi connectivity index (χ3v) is 3.49. The Kier molecular flexibility index (Phi) is 5.53. The maximum Gasteiger partial charge on any atom is 0.129 e. The van der Waals surface area contributed by atoms with Crippen molar-refractivity contribution in [3.63, 3.8) is 0 Å². The lowest BCUT2D eigenvalue weighted by Gasteiger charge is -2.24. The molecule has 0 saturated heterocycles. The summed E-state index contributed by atoms with van der Waals surface area (Å²) in [5, 5.41) is 3.42. The van der Waals surface area contributed by atoms with Gasteiger partial charge in [-0.3, -0.25) is 0 Å². The summed E-state index contributed by atoms with van der Waals surface area (Å²) in [6.45, 7) is 3.70. The van der Waals surface area contributed by atoms with E-state index in [2.05, 4.69) is 12.2 Å². The molecule has 1 aliphatic rings. The molecule has 20 heavy (non-hydrogen) atoms. The molecular weight excluding hydrogens is 260 g/mol. The number of halogens is 2. The van der Waals surface area contributed by atoms with Gasteiger partial charge in [0.15, 0.2) is 0 Å². The zero-order valence-corrected chi connectivity index (χ0v) is 11.8. The van der Waals surface area contributed by atoms with Gasteiger partial charge in [-0.2, -0.15) is 0 Å². The van der Waals surface area contributed by atoms with Gasteiger partial charge in [-0.15, -0.1) is 0 Å². The molecule has 0 radical (unpaired) electrons. The average molecular weight is 281 g/mol. The lowest BCUT2D eigenvalue weighted by molar-refractivity contribution is 0.219. The van der Waals surface area contributed by atoms with Crippen LogP contribution >= 0.6 is 0 Å². The minimum Gasteiger partial charge on any atom is -0.501 e. The number of hydrogen-bond donors (Lipinski definition) is 1. The van der Waals surface area contributed by atoms with E-state index in [0.29, 0.717) is 12.0 Å². The van der Waals surface area contributed by atoms with Gasteiger partial charge in [-0.1, -0.05) is 13.0 Å². The van der Waals surface area contributed by atoms with Crippen LogP contribution in [0.2, 0.25) is 0 Å². The van der Waals surface area contributed by atoms with Crippen molar-refractivity contribution >= 4 is 0 Å². The lowest BCUT2D eigenvalue weighted by atomic mass is 9.95. The first-order valence-corrected chi connectivity index (χ1v) is 7.18. The summed E-state index contributed by atoms with van der Waals surface area (Å²) in [7, 11) is 0. The predicted octanol–water partition coefficient (Wildman–Crippen LogP) is 3.57. The Bertz CT molecular complexity index is 474. The van der Waals surface area contributed by atoms with Crippen molar-refractivity contribution in [2.45, 2.75) is 38.6 Å². The fraction of sp³-hybridized carbons (Fsp3) is 0.500. The van der Waals surface area contributed by atoms with Crippen LogP contribution in [-0.2, 0) is 11.2 Å². The smallest absolute Gasteiger partial charge is 0.129 e. The van der Waals surface area contributed by atoms with E-state index in [-0.39, 0.29) is 6.04 Å². The van der Waals surface area contributed by atoms with E-state index in [4.69, 9.17) is 4.74 Å². The molecular formula is C16H21F2NO. The molecule has 0 amide bonds. The molecule has 110 valence electrons. The minimum atomic E-state index is -0.537. The van der Waals surface area contributed by atoms with Crippen molar-refractivity contribution in [1.82, 2.24) is 5.32 Å². The molecule has 0 saturated carbocycles. The summed E-state index contributed by atoms with van der Waals surface area (Å²) in [5.41, 5.74) is 1.69. The highest BCUT2D eigenvalue weighted by Gasteiger charge is 2.18. The topological polar surface area (TPSA) is 21.3 Å². The number of benzene rings is 1. The van der Waals surface area contributed by atoms with Crippen LogP contribution in [0.5, 0.6) is 0 Å². The van der Waals surface area contributed by atoms with E-state index in [1.807, 2.05) is 0 Å². The second-order valence-electron chi connectivity index (χ2n) is 5.11. The Morgan fingerprint density at radius 3 is 2.85 bits per heavy atom. The summed E-state index contributed by atoms with van der Waals surface area (Å²) >= 11 is 0. The number of nitrogens with one attached hydrogen (secondary N) is 1. The molecule has 1 atom stereocenters. The van der Waals surface area contributed by atoms with Gasteiger partial charge < -0.3 is 10.1 Å². The Balaban J connectivity index is 2.12. The molecule has 0 aromatic heterocycles.